The van der Waals surface area contributed by atoms with Crippen molar-refractivity contribution in [2.75, 3.05) is 13.2 Å². The Hall–Kier alpha value is -0.810. The van der Waals surface area contributed by atoms with Gasteiger partial charge in [-0.05, 0) is 12.8 Å². The van der Waals surface area contributed by atoms with Crippen LogP contribution in [0.5, 0.6) is 0 Å². The zero-order valence-corrected chi connectivity index (χ0v) is 28.9. The molecule has 268 valence electrons. The fourth-order valence-electron chi connectivity index (χ4n) is 6.10. The van der Waals surface area contributed by atoms with E-state index in [1.54, 1.807) is 0 Å². The van der Waals surface area contributed by atoms with Crippen molar-refractivity contribution in [2.24, 2.45) is 0 Å². The molecule has 0 aromatic heterocycles. The van der Waals surface area contributed by atoms with E-state index in [0.29, 0.717) is 12.8 Å². The number of aliphatic hydroxyl groups excluding tert-OH is 5. The number of carbonyl (C=O) groups excluding carboxylic acids is 1. The standard InChI is InChI=1S/C36H71NO8/c1-3-5-7-9-11-13-14-15-16-18-19-21-23-25-30(39)29(28-44-36-35(43)34(42)33(41)31(27-38)45-36)37-32(40)26-24-22-20-17-12-10-8-6-4-2/h29-31,33-36,38-39,41-43H,3-28H2,1-2H3,(H,37,40). The molecule has 1 aliphatic heterocycles. The van der Waals surface area contributed by atoms with E-state index in [2.05, 4.69) is 19.2 Å². The second-order valence-corrected chi connectivity index (χ2v) is 13.4. The lowest BCUT2D eigenvalue weighted by atomic mass is 9.99. The van der Waals surface area contributed by atoms with E-state index in [0.717, 1.165) is 38.5 Å². The van der Waals surface area contributed by atoms with Crippen LogP contribution in [0.3, 0.4) is 0 Å². The van der Waals surface area contributed by atoms with Gasteiger partial charge in [0.15, 0.2) is 6.29 Å². The lowest BCUT2D eigenvalue weighted by molar-refractivity contribution is -0.302. The van der Waals surface area contributed by atoms with Crippen molar-refractivity contribution in [2.45, 2.75) is 211 Å². The average molecular weight is 646 g/mol. The van der Waals surface area contributed by atoms with Crippen molar-refractivity contribution in [1.82, 2.24) is 5.32 Å². The first-order valence-electron chi connectivity index (χ1n) is 18.7. The number of carbonyl (C=O) groups is 1. The van der Waals surface area contributed by atoms with Crippen LogP contribution in [0.4, 0.5) is 0 Å². The van der Waals surface area contributed by atoms with Gasteiger partial charge in [0, 0.05) is 6.42 Å². The Morgan fingerprint density at radius 3 is 1.58 bits per heavy atom. The van der Waals surface area contributed by atoms with Crippen LogP contribution in [0.15, 0.2) is 0 Å². The van der Waals surface area contributed by atoms with Gasteiger partial charge in [-0.1, -0.05) is 149 Å². The van der Waals surface area contributed by atoms with Crippen LogP contribution in [0.1, 0.15) is 168 Å². The third kappa shape index (κ3) is 20.2. The smallest absolute Gasteiger partial charge is 0.220 e. The molecular formula is C36H71NO8. The van der Waals surface area contributed by atoms with Crippen LogP contribution in [-0.4, -0.2) is 87.5 Å². The Labute approximate surface area is 274 Å². The first-order chi connectivity index (χ1) is 21.8. The fraction of sp³-hybridized carbons (Fsp3) is 0.972. The molecule has 45 heavy (non-hydrogen) atoms. The van der Waals surface area contributed by atoms with Crippen molar-refractivity contribution in [3.63, 3.8) is 0 Å². The molecule has 1 fully saturated rings. The number of ether oxygens (including phenoxy) is 2. The first kappa shape index (κ1) is 42.2. The Morgan fingerprint density at radius 2 is 1.11 bits per heavy atom. The van der Waals surface area contributed by atoms with Crippen molar-refractivity contribution >= 4 is 5.91 Å². The molecule has 1 aliphatic rings. The summed E-state index contributed by atoms with van der Waals surface area (Å²) in [6.45, 7) is 3.78. The summed E-state index contributed by atoms with van der Waals surface area (Å²) in [6.07, 6.45) is 19.7. The van der Waals surface area contributed by atoms with Gasteiger partial charge in [-0.3, -0.25) is 4.79 Å². The molecule has 7 unspecified atom stereocenters. The summed E-state index contributed by atoms with van der Waals surface area (Å²) < 4.78 is 11.2. The molecule has 0 bridgehead atoms. The maximum atomic E-state index is 12.8. The van der Waals surface area contributed by atoms with Gasteiger partial charge in [0.25, 0.3) is 0 Å². The topological polar surface area (TPSA) is 149 Å². The van der Waals surface area contributed by atoms with Crippen LogP contribution in [-0.2, 0) is 14.3 Å². The highest BCUT2D eigenvalue weighted by Crippen LogP contribution is 2.23. The summed E-state index contributed by atoms with van der Waals surface area (Å²) in [7, 11) is 0. The molecule has 1 heterocycles. The second-order valence-electron chi connectivity index (χ2n) is 13.4. The summed E-state index contributed by atoms with van der Waals surface area (Å²) in [6, 6.07) is -0.708. The molecule has 1 saturated heterocycles. The Bertz CT molecular complexity index is 681. The minimum atomic E-state index is -1.55. The maximum Gasteiger partial charge on any atom is 0.220 e. The zero-order chi connectivity index (χ0) is 33.1. The molecule has 9 heteroatoms. The SMILES string of the molecule is CCCCCCCCCCCCCCCC(O)C(COC1OC(CO)C(O)C(O)C1O)NC(=O)CCCCCCCCCCC. The normalized spacial score (nSPS) is 23.2. The summed E-state index contributed by atoms with van der Waals surface area (Å²) >= 11 is 0. The molecular weight excluding hydrogens is 574 g/mol. The van der Waals surface area contributed by atoms with Crippen LogP contribution < -0.4 is 5.32 Å². The van der Waals surface area contributed by atoms with Crippen LogP contribution in [0.2, 0.25) is 0 Å². The van der Waals surface area contributed by atoms with E-state index >= 15 is 0 Å². The van der Waals surface area contributed by atoms with E-state index in [4.69, 9.17) is 9.47 Å². The predicted molar refractivity (Wildman–Crippen MR) is 180 cm³/mol. The van der Waals surface area contributed by atoms with Crippen LogP contribution in [0, 0.1) is 0 Å². The largest absolute Gasteiger partial charge is 0.394 e. The summed E-state index contributed by atoms with van der Waals surface area (Å²) in [4.78, 5) is 12.8. The molecule has 6 N–H and O–H groups in total. The number of aliphatic hydroxyl groups is 5. The van der Waals surface area contributed by atoms with Gasteiger partial charge in [0.05, 0.1) is 25.4 Å². The summed E-state index contributed by atoms with van der Waals surface area (Å²) in [5.41, 5.74) is 0. The molecule has 7 atom stereocenters. The van der Waals surface area contributed by atoms with Crippen molar-refractivity contribution in [3.05, 3.63) is 0 Å². The lowest BCUT2D eigenvalue weighted by Gasteiger charge is -2.40. The van der Waals surface area contributed by atoms with Crippen molar-refractivity contribution in [1.29, 1.82) is 0 Å². The minimum absolute atomic E-state index is 0.133. The number of hydrogen-bond acceptors (Lipinski definition) is 8. The fourth-order valence-corrected chi connectivity index (χ4v) is 6.10. The van der Waals surface area contributed by atoms with Gasteiger partial charge in [0.1, 0.15) is 24.4 Å². The summed E-state index contributed by atoms with van der Waals surface area (Å²) in [5.74, 6) is -0.148. The predicted octanol–water partition coefficient (Wildman–Crippen LogP) is 6.05. The van der Waals surface area contributed by atoms with Gasteiger partial charge in [-0.2, -0.15) is 0 Å². The van der Waals surface area contributed by atoms with Crippen molar-refractivity contribution in [3.8, 4) is 0 Å². The molecule has 0 spiro atoms. The van der Waals surface area contributed by atoms with Gasteiger partial charge < -0.3 is 40.3 Å². The molecule has 0 aliphatic carbocycles. The number of unbranched alkanes of at least 4 members (excludes halogenated alkanes) is 20. The number of hydrogen-bond donors (Lipinski definition) is 6. The monoisotopic (exact) mass is 646 g/mol. The van der Waals surface area contributed by atoms with Crippen LogP contribution in [0.25, 0.3) is 0 Å². The van der Waals surface area contributed by atoms with Gasteiger partial charge in [-0.15, -0.1) is 0 Å². The Kier molecular flexibility index (Phi) is 26.5. The molecule has 1 amide bonds. The molecule has 0 aromatic carbocycles. The quantitative estimate of drug-likeness (QED) is 0.0517. The highest BCUT2D eigenvalue weighted by Gasteiger charge is 2.44. The maximum absolute atomic E-state index is 12.8. The van der Waals surface area contributed by atoms with Gasteiger partial charge in [0.2, 0.25) is 5.91 Å². The third-order valence-corrected chi connectivity index (χ3v) is 9.21. The minimum Gasteiger partial charge on any atom is -0.394 e. The van der Waals surface area contributed by atoms with E-state index in [9.17, 15) is 30.3 Å². The Balaban J connectivity index is 2.43. The number of rotatable bonds is 30. The highest BCUT2D eigenvalue weighted by molar-refractivity contribution is 5.76. The Morgan fingerprint density at radius 1 is 0.667 bits per heavy atom. The van der Waals surface area contributed by atoms with Crippen LogP contribution >= 0.6 is 0 Å². The highest BCUT2D eigenvalue weighted by atomic mass is 16.7. The molecule has 9 nitrogen and oxygen atoms in total. The first-order valence-corrected chi connectivity index (χ1v) is 18.7. The lowest BCUT2D eigenvalue weighted by Crippen LogP contribution is -2.60. The molecule has 0 saturated carbocycles. The van der Waals surface area contributed by atoms with E-state index in [1.165, 1.54) is 103 Å². The van der Waals surface area contributed by atoms with Crippen molar-refractivity contribution < 1.29 is 39.8 Å². The molecule has 1 rings (SSSR count). The third-order valence-electron chi connectivity index (χ3n) is 9.21. The van der Waals surface area contributed by atoms with Gasteiger partial charge >= 0.3 is 0 Å². The molecule has 0 aromatic rings. The summed E-state index contributed by atoms with van der Waals surface area (Å²) in [5, 5.41) is 53.9. The van der Waals surface area contributed by atoms with E-state index in [1.807, 2.05) is 0 Å². The van der Waals surface area contributed by atoms with E-state index in [-0.39, 0.29) is 12.5 Å². The zero-order valence-electron chi connectivity index (χ0n) is 28.9. The average Bonchev–Trinajstić information content (AvgIpc) is 3.04. The number of amides is 1. The number of nitrogens with one attached hydrogen (secondary N) is 1. The molecule has 0 radical (unpaired) electrons. The van der Waals surface area contributed by atoms with E-state index < -0.39 is 49.5 Å². The van der Waals surface area contributed by atoms with Gasteiger partial charge in [-0.25, -0.2) is 0 Å². The second kappa shape index (κ2) is 28.2.